The van der Waals surface area contributed by atoms with Crippen molar-refractivity contribution in [1.29, 1.82) is 0 Å². The Morgan fingerprint density at radius 3 is 2.72 bits per heavy atom. The highest BCUT2D eigenvalue weighted by Gasteiger charge is 2.07. The second-order valence-electron chi connectivity index (χ2n) is 3.80. The molecule has 1 aromatic rings. The van der Waals surface area contributed by atoms with Gasteiger partial charge in [-0.2, -0.15) is 0 Å². The highest BCUT2D eigenvalue weighted by molar-refractivity contribution is 9.09. The molecule has 1 aromatic carbocycles. The summed E-state index contributed by atoms with van der Waals surface area (Å²) in [7, 11) is 0. The Hall–Kier alpha value is -1.29. The van der Waals surface area contributed by atoms with E-state index in [0.717, 1.165) is 16.9 Å². The fourth-order valence-electron chi connectivity index (χ4n) is 1.39. The lowest BCUT2D eigenvalue weighted by atomic mass is 10.1. The van der Waals surface area contributed by atoms with Gasteiger partial charge in [0.25, 0.3) is 0 Å². The summed E-state index contributed by atoms with van der Waals surface area (Å²) in [6, 6.07) is 5.82. The molecule has 4 heteroatoms. The van der Waals surface area contributed by atoms with Gasteiger partial charge >= 0.3 is 5.97 Å². The van der Waals surface area contributed by atoms with Gasteiger partial charge in [0, 0.05) is 0 Å². The molecule has 0 heterocycles. The van der Waals surface area contributed by atoms with Crippen LogP contribution in [0.5, 0.6) is 5.75 Å². The number of halogens is 1. The third kappa shape index (κ3) is 4.18. The molecule has 98 valence electrons. The first-order valence-corrected chi connectivity index (χ1v) is 6.88. The lowest BCUT2D eigenvalue weighted by Gasteiger charge is -2.11. The van der Waals surface area contributed by atoms with Crippen LogP contribution in [0.25, 0.3) is 0 Å². The highest BCUT2D eigenvalue weighted by atomic mass is 79.9. The third-order valence-corrected chi connectivity index (χ3v) is 3.05. The maximum absolute atomic E-state index is 11.4. The molecule has 1 rings (SSSR count). The van der Waals surface area contributed by atoms with Crippen LogP contribution >= 0.6 is 15.9 Å². The van der Waals surface area contributed by atoms with E-state index in [2.05, 4.69) is 15.9 Å². The van der Waals surface area contributed by atoms with Crippen molar-refractivity contribution in [2.75, 3.05) is 11.9 Å². The van der Waals surface area contributed by atoms with Crippen LogP contribution in [0.4, 0.5) is 0 Å². The molecule has 0 aliphatic carbocycles. The zero-order chi connectivity index (χ0) is 13.5. The van der Waals surface area contributed by atoms with Gasteiger partial charge in [-0.3, -0.25) is 0 Å². The second kappa shape index (κ2) is 7.21. The number of esters is 1. The Morgan fingerprint density at radius 1 is 1.39 bits per heavy atom. The minimum absolute atomic E-state index is 0.356. The first-order chi connectivity index (χ1) is 8.58. The van der Waals surface area contributed by atoms with E-state index < -0.39 is 5.97 Å². The van der Waals surface area contributed by atoms with Crippen LogP contribution in [0.2, 0.25) is 0 Å². The fraction of sp³-hybridized carbons (Fsp3) is 0.357. The van der Waals surface area contributed by atoms with Gasteiger partial charge in [-0.05, 0) is 38.0 Å². The van der Waals surface area contributed by atoms with Crippen molar-refractivity contribution in [1.82, 2.24) is 0 Å². The third-order valence-electron chi connectivity index (χ3n) is 2.49. The van der Waals surface area contributed by atoms with Crippen molar-refractivity contribution in [3.8, 4) is 5.75 Å². The maximum atomic E-state index is 11.4. The van der Waals surface area contributed by atoms with E-state index in [9.17, 15) is 4.79 Å². The van der Waals surface area contributed by atoms with Gasteiger partial charge in [0.1, 0.15) is 11.5 Å². The van der Waals surface area contributed by atoms with Crippen LogP contribution in [0.3, 0.4) is 0 Å². The molecule has 3 nitrogen and oxygen atoms in total. The van der Waals surface area contributed by atoms with Gasteiger partial charge in [-0.15, -0.1) is 0 Å². The Morgan fingerprint density at radius 2 is 2.11 bits per heavy atom. The van der Waals surface area contributed by atoms with Crippen LogP contribution in [0, 0.1) is 13.8 Å². The molecular weight excluding hydrogens is 296 g/mol. The van der Waals surface area contributed by atoms with Crippen molar-refractivity contribution in [2.45, 2.75) is 20.8 Å². The van der Waals surface area contributed by atoms with E-state index in [4.69, 9.17) is 9.47 Å². The molecule has 0 saturated carbocycles. The first-order valence-electron chi connectivity index (χ1n) is 5.75. The molecule has 0 saturated heterocycles. The smallest absolute Gasteiger partial charge is 0.334 e. The van der Waals surface area contributed by atoms with E-state index >= 15 is 0 Å². The molecular formula is C14H17BrO3. The number of alkyl halides is 1. The van der Waals surface area contributed by atoms with E-state index in [1.807, 2.05) is 32.0 Å². The summed E-state index contributed by atoms with van der Waals surface area (Å²) in [6.07, 6.45) is 1.36. The summed E-state index contributed by atoms with van der Waals surface area (Å²) >= 11 is 3.29. The number of aryl methyl sites for hydroxylation is 1. The molecule has 0 bridgehead atoms. The Balaban J connectivity index is 2.86. The molecule has 0 spiro atoms. The maximum Gasteiger partial charge on any atom is 0.334 e. The minimum atomic E-state index is -0.391. The van der Waals surface area contributed by atoms with Crippen molar-refractivity contribution in [2.24, 2.45) is 0 Å². The van der Waals surface area contributed by atoms with E-state index in [1.165, 1.54) is 6.08 Å². The molecule has 0 aliphatic heterocycles. The summed E-state index contributed by atoms with van der Waals surface area (Å²) in [5.41, 5.74) is 2.21. The predicted molar refractivity (Wildman–Crippen MR) is 75.1 cm³/mol. The zero-order valence-electron chi connectivity index (χ0n) is 10.8. The average Bonchev–Trinajstić information content (AvgIpc) is 2.34. The summed E-state index contributed by atoms with van der Waals surface area (Å²) in [6.45, 7) is 6.13. The molecule has 0 unspecified atom stereocenters. The highest BCUT2D eigenvalue weighted by Crippen LogP contribution is 2.23. The summed E-state index contributed by atoms with van der Waals surface area (Å²) in [5, 5.41) is 0.458. The summed E-state index contributed by atoms with van der Waals surface area (Å²) in [4.78, 5) is 11.4. The summed E-state index contributed by atoms with van der Waals surface area (Å²) < 4.78 is 10.6. The largest absolute Gasteiger partial charge is 0.463 e. The molecule has 0 radical (unpaired) electrons. The SMILES string of the molecule is CCOC(=O)/C=C(\CBr)Oc1cccc(C)c1C. The van der Waals surface area contributed by atoms with Crippen molar-refractivity contribution >= 4 is 21.9 Å². The Bertz CT molecular complexity index is 452. The molecule has 0 aliphatic rings. The number of benzene rings is 1. The van der Waals surface area contributed by atoms with Gasteiger partial charge in [0.2, 0.25) is 0 Å². The number of ether oxygens (including phenoxy) is 2. The van der Waals surface area contributed by atoms with Crippen LogP contribution in [-0.4, -0.2) is 17.9 Å². The van der Waals surface area contributed by atoms with E-state index in [-0.39, 0.29) is 0 Å². The lowest BCUT2D eigenvalue weighted by molar-refractivity contribution is -0.137. The Labute approximate surface area is 116 Å². The standard InChI is InChI=1S/C14H17BrO3/c1-4-17-14(16)8-12(9-15)18-13-7-5-6-10(2)11(13)3/h5-8H,4,9H2,1-3H3/b12-8+. The fourth-order valence-corrected chi connectivity index (χ4v) is 1.66. The van der Waals surface area contributed by atoms with Crippen LogP contribution in [0.1, 0.15) is 18.1 Å². The minimum Gasteiger partial charge on any atom is -0.463 e. The molecule has 0 fully saturated rings. The lowest BCUT2D eigenvalue weighted by Crippen LogP contribution is -2.06. The number of rotatable bonds is 5. The average molecular weight is 313 g/mol. The number of carbonyl (C=O) groups is 1. The van der Waals surface area contributed by atoms with Gasteiger partial charge in [0.15, 0.2) is 0 Å². The Kier molecular flexibility index (Phi) is 5.92. The quantitative estimate of drug-likeness (QED) is 0.361. The van der Waals surface area contributed by atoms with Gasteiger partial charge < -0.3 is 9.47 Å². The predicted octanol–water partition coefficient (Wildman–Crippen LogP) is 3.52. The zero-order valence-corrected chi connectivity index (χ0v) is 12.4. The number of carbonyl (C=O) groups excluding carboxylic acids is 1. The first kappa shape index (κ1) is 14.8. The van der Waals surface area contributed by atoms with Gasteiger partial charge in [-0.1, -0.05) is 28.1 Å². The van der Waals surface area contributed by atoms with Crippen molar-refractivity contribution < 1.29 is 14.3 Å². The van der Waals surface area contributed by atoms with E-state index in [0.29, 0.717) is 17.7 Å². The molecule has 0 N–H and O–H groups in total. The normalized spacial score (nSPS) is 11.2. The van der Waals surface area contributed by atoms with Crippen LogP contribution < -0.4 is 4.74 Å². The van der Waals surface area contributed by atoms with Gasteiger partial charge in [-0.25, -0.2) is 4.79 Å². The van der Waals surface area contributed by atoms with Crippen molar-refractivity contribution in [3.05, 3.63) is 41.2 Å². The van der Waals surface area contributed by atoms with Crippen LogP contribution in [0.15, 0.2) is 30.0 Å². The molecule has 0 aromatic heterocycles. The second-order valence-corrected chi connectivity index (χ2v) is 4.36. The van der Waals surface area contributed by atoms with E-state index in [1.54, 1.807) is 6.92 Å². The molecule has 0 atom stereocenters. The molecule has 18 heavy (non-hydrogen) atoms. The molecule has 0 amide bonds. The van der Waals surface area contributed by atoms with Crippen LogP contribution in [-0.2, 0) is 9.53 Å². The summed E-state index contributed by atoms with van der Waals surface area (Å²) in [5.74, 6) is 0.893. The number of allylic oxidation sites excluding steroid dienone is 1. The van der Waals surface area contributed by atoms with Crippen molar-refractivity contribution in [3.63, 3.8) is 0 Å². The topological polar surface area (TPSA) is 35.5 Å². The number of hydrogen-bond donors (Lipinski definition) is 0. The number of hydrogen-bond acceptors (Lipinski definition) is 3. The van der Waals surface area contributed by atoms with Gasteiger partial charge in [0.05, 0.1) is 18.0 Å². The monoisotopic (exact) mass is 312 g/mol.